The summed E-state index contributed by atoms with van der Waals surface area (Å²) in [6.45, 7) is 3.76. The Balaban J connectivity index is 1.73. The summed E-state index contributed by atoms with van der Waals surface area (Å²) in [6.07, 6.45) is 3.25. The quantitative estimate of drug-likeness (QED) is 0.717. The number of hydrogen-bond donors (Lipinski definition) is 2. The van der Waals surface area contributed by atoms with Gasteiger partial charge in [-0.05, 0) is 37.6 Å². The lowest BCUT2D eigenvalue weighted by Gasteiger charge is -2.11. The summed E-state index contributed by atoms with van der Waals surface area (Å²) < 4.78 is 26.1. The fourth-order valence-corrected chi connectivity index (χ4v) is 3.54. The zero-order valence-corrected chi connectivity index (χ0v) is 10.0. The molecule has 2 aliphatic rings. The van der Waals surface area contributed by atoms with Crippen LogP contribution in [0, 0.1) is 11.8 Å². The molecule has 1 aliphatic heterocycles. The lowest BCUT2D eigenvalue weighted by atomic mass is 10.3. The third-order valence-corrected chi connectivity index (χ3v) is 4.87. The lowest BCUT2D eigenvalue weighted by Crippen LogP contribution is -2.37. The molecule has 2 fully saturated rings. The van der Waals surface area contributed by atoms with Crippen molar-refractivity contribution in [2.75, 3.05) is 18.8 Å². The molecule has 0 bridgehead atoms. The fourth-order valence-electron chi connectivity index (χ4n) is 2.14. The zero-order valence-electron chi connectivity index (χ0n) is 9.20. The summed E-state index contributed by atoms with van der Waals surface area (Å²) in [5.41, 5.74) is 0. The maximum absolute atomic E-state index is 11.7. The van der Waals surface area contributed by atoms with E-state index in [2.05, 4.69) is 17.0 Å². The maximum atomic E-state index is 11.7. The average molecular weight is 232 g/mol. The van der Waals surface area contributed by atoms with Crippen molar-refractivity contribution >= 4 is 10.0 Å². The van der Waals surface area contributed by atoms with Crippen LogP contribution in [0.1, 0.15) is 26.2 Å². The minimum Gasteiger partial charge on any atom is -0.313 e. The van der Waals surface area contributed by atoms with Gasteiger partial charge >= 0.3 is 0 Å². The normalized spacial score (nSPS) is 35.7. The van der Waals surface area contributed by atoms with Crippen LogP contribution in [0.5, 0.6) is 0 Å². The van der Waals surface area contributed by atoms with E-state index in [1.165, 1.54) is 6.42 Å². The largest absolute Gasteiger partial charge is 0.313 e. The Morgan fingerprint density at radius 1 is 1.47 bits per heavy atom. The first-order valence-electron chi connectivity index (χ1n) is 5.77. The van der Waals surface area contributed by atoms with E-state index in [4.69, 9.17) is 0 Å². The molecule has 1 saturated heterocycles. The van der Waals surface area contributed by atoms with Crippen molar-refractivity contribution in [3.05, 3.63) is 0 Å². The number of sulfonamides is 1. The Morgan fingerprint density at radius 3 is 2.73 bits per heavy atom. The minimum atomic E-state index is -3.06. The SMILES string of the molecule is CC1CC1CNS(=O)(=O)CC1CCCN1. The molecule has 2 rings (SSSR count). The van der Waals surface area contributed by atoms with Crippen molar-refractivity contribution in [3.63, 3.8) is 0 Å². The van der Waals surface area contributed by atoms with Crippen molar-refractivity contribution in [1.29, 1.82) is 0 Å². The van der Waals surface area contributed by atoms with Gasteiger partial charge in [0.2, 0.25) is 10.0 Å². The molecule has 88 valence electrons. The molecule has 0 amide bonds. The van der Waals surface area contributed by atoms with Crippen molar-refractivity contribution in [2.45, 2.75) is 32.2 Å². The second-order valence-electron chi connectivity index (χ2n) is 4.90. The standard InChI is InChI=1S/C10H20N2O2S/c1-8-5-9(8)6-12-15(13,14)7-10-3-2-4-11-10/h8-12H,2-7H2,1H3. The molecule has 1 aliphatic carbocycles. The van der Waals surface area contributed by atoms with E-state index in [1.54, 1.807) is 0 Å². The van der Waals surface area contributed by atoms with E-state index in [0.29, 0.717) is 18.4 Å². The van der Waals surface area contributed by atoms with Gasteiger partial charge in [0.1, 0.15) is 0 Å². The molecule has 0 aromatic rings. The van der Waals surface area contributed by atoms with E-state index < -0.39 is 10.0 Å². The molecule has 0 aromatic heterocycles. The zero-order chi connectivity index (χ0) is 10.9. The molecule has 0 radical (unpaired) electrons. The highest BCUT2D eigenvalue weighted by Gasteiger charge is 2.33. The summed E-state index contributed by atoms with van der Waals surface area (Å²) in [5, 5.41) is 3.21. The summed E-state index contributed by atoms with van der Waals surface area (Å²) in [6, 6.07) is 0.166. The Morgan fingerprint density at radius 2 is 2.20 bits per heavy atom. The molecular formula is C10H20N2O2S. The molecular weight excluding hydrogens is 212 g/mol. The van der Waals surface area contributed by atoms with Gasteiger partial charge in [0.25, 0.3) is 0 Å². The van der Waals surface area contributed by atoms with Gasteiger partial charge in [0.15, 0.2) is 0 Å². The van der Waals surface area contributed by atoms with Crippen LogP contribution in [0.3, 0.4) is 0 Å². The van der Waals surface area contributed by atoms with Crippen LogP contribution in [0.4, 0.5) is 0 Å². The Labute approximate surface area is 91.9 Å². The first kappa shape index (κ1) is 11.4. The van der Waals surface area contributed by atoms with Crippen LogP contribution in [-0.2, 0) is 10.0 Å². The van der Waals surface area contributed by atoms with Gasteiger partial charge in [-0.3, -0.25) is 0 Å². The average Bonchev–Trinajstić information content (AvgIpc) is 2.61. The van der Waals surface area contributed by atoms with Gasteiger partial charge < -0.3 is 5.32 Å². The van der Waals surface area contributed by atoms with Crippen LogP contribution in [0.2, 0.25) is 0 Å². The van der Waals surface area contributed by atoms with Crippen LogP contribution in [0.15, 0.2) is 0 Å². The first-order valence-corrected chi connectivity index (χ1v) is 7.43. The van der Waals surface area contributed by atoms with Crippen LogP contribution < -0.4 is 10.0 Å². The highest BCUT2D eigenvalue weighted by molar-refractivity contribution is 7.89. The predicted octanol–water partition coefficient (Wildman–Crippen LogP) is 0.314. The van der Waals surface area contributed by atoms with E-state index in [-0.39, 0.29) is 11.8 Å². The Bertz CT molecular complexity index is 309. The second kappa shape index (κ2) is 4.39. The number of hydrogen-bond acceptors (Lipinski definition) is 3. The molecule has 1 heterocycles. The van der Waals surface area contributed by atoms with E-state index >= 15 is 0 Å². The minimum absolute atomic E-state index is 0.166. The molecule has 0 spiro atoms. The van der Waals surface area contributed by atoms with E-state index in [9.17, 15) is 8.42 Å². The number of nitrogens with one attached hydrogen (secondary N) is 2. The summed E-state index contributed by atoms with van der Waals surface area (Å²) >= 11 is 0. The predicted molar refractivity (Wildman–Crippen MR) is 60.1 cm³/mol. The van der Waals surface area contributed by atoms with Crippen LogP contribution in [0.25, 0.3) is 0 Å². The summed E-state index contributed by atoms with van der Waals surface area (Å²) in [5.74, 6) is 1.53. The van der Waals surface area contributed by atoms with Crippen LogP contribution in [-0.4, -0.2) is 33.3 Å². The molecule has 4 nitrogen and oxygen atoms in total. The monoisotopic (exact) mass is 232 g/mol. The molecule has 1 saturated carbocycles. The van der Waals surface area contributed by atoms with Crippen molar-refractivity contribution in [2.24, 2.45) is 11.8 Å². The summed E-state index contributed by atoms with van der Waals surface area (Å²) in [7, 11) is -3.06. The molecule has 5 heteroatoms. The van der Waals surface area contributed by atoms with Gasteiger partial charge in [-0.25, -0.2) is 13.1 Å². The number of rotatable bonds is 5. The van der Waals surface area contributed by atoms with E-state index in [0.717, 1.165) is 19.4 Å². The Hall–Kier alpha value is -0.130. The third-order valence-electron chi connectivity index (χ3n) is 3.42. The highest BCUT2D eigenvalue weighted by atomic mass is 32.2. The maximum Gasteiger partial charge on any atom is 0.213 e. The van der Waals surface area contributed by atoms with Crippen LogP contribution >= 0.6 is 0 Å². The second-order valence-corrected chi connectivity index (χ2v) is 6.75. The van der Waals surface area contributed by atoms with Crippen molar-refractivity contribution in [3.8, 4) is 0 Å². The fraction of sp³-hybridized carbons (Fsp3) is 1.00. The topological polar surface area (TPSA) is 58.2 Å². The molecule has 0 aromatic carbocycles. The molecule has 2 N–H and O–H groups in total. The van der Waals surface area contributed by atoms with Gasteiger partial charge in [-0.2, -0.15) is 0 Å². The molecule has 3 atom stereocenters. The lowest BCUT2D eigenvalue weighted by molar-refractivity contribution is 0.558. The van der Waals surface area contributed by atoms with Crippen molar-refractivity contribution in [1.82, 2.24) is 10.0 Å². The Kier molecular flexibility index (Phi) is 3.33. The van der Waals surface area contributed by atoms with E-state index in [1.807, 2.05) is 0 Å². The van der Waals surface area contributed by atoms with Gasteiger partial charge in [0, 0.05) is 12.6 Å². The van der Waals surface area contributed by atoms with Gasteiger partial charge in [-0.1, -0.05) is 6.92 Å². The van der Waals surface area contributed by atoms with Gasteiger partial charge in [-0.15, -0.1) is 0 Å². The highest BCUT2D eigenvalue weighted by Crippen LogP contribution is 2.36. The third kappa shape index (κ3) is 3.43. The first-order chi connectivity index (χ1) is 7.07. The van der Waals surface area contributed by atoms with Gasteiger partial charge in [0.05, 0.1) is 5.75 Å². The summed E-state index contributed by atoms with van der Waals surface area (Å²) in [4.78, 5) is 0. The smallest absolute Gasteiger partial charge is 0.213 e. The molecule has 3 unspecified atom stereocenters. The van der Waals surface area contributed by atoms with Crippen molar-refractivity contribution < 1.29 is 8.42 Å². The molecule has 15 heavy (non-hydrogen) atoms.